The zero-order valence-corrected chi connectivity index (χ0v) is 16.4. The van der Waals surface area contributed by atoms with Crippen molar-refractivity contribution in [1.82, 2.24) is 20.1 Å². The highest BCUT2D eigenvalue weighted by Crippen LogP contribution is 2.13. The molecule has 144 valence electrons. The fraction of sp³-hybridized carbons (Fsp3) is 0.476. The van der Waals surface area contributed by atoms with Crippen LogP contribution < -0.4 is 10.2 Å². The summed E-state index contributed by atoms with van der Waals surface area (Å²) in [5.41, 5.74) is 1.25. The average Bonchev–Trinajstić information content (AvgIpc) is 2.69. The highest BCUT2D eigenvalue weighted by atomic mass is 15.4. The Morgan fingerprint density at radius 1 is 1.11 bits per heavy atom. The molecular formula is C21H30N6. The second kappa shape index (κ2) is 10.0. The van der Waals surface area contributed by atoms with Crippen molar-refractivity contribution < 1.29 is 0 Å². The van der Waals surface area contributed by atoms with Gasteiger partial charge >= 0.3 is 0 Å². The first-order chi connectivity index (χ1) is 13.2. The highest BCUT2D eigenvalue weighted by molar-refractivity contribution is 5.48. The number of rotatable bonds is 8. The summed E-state index contributed by atoms with van der Waals surface area (Å²) in [5.74, 6) is 2.22. The molecule has 2 aromatic rings. The zero-order chi connectivity index (χ0) is 18.9. The molecule has 1 aromatic heterocycles. The van der Waals surface area contributed by atoms with E-state index in [1.54, 1.807) is 6.20 Å². The molecule has 1 fully saturated rings. The van der Waals surface area contributed by atoms with Gasteiger partial charge in [-0.05, 0) is 17.9 Å². The van der Waals surface area contributed by atoms with Gasteiger partial charge in [-0.1, -0.05) is 56.3 Å². The molecule has 27 heavy (non-hydrogen) atoms. The van der Waals surface area contributed by atoms with Crippen LogP contribution in [0.2, 0.25) is 0 Å². The lowest BCUT2D eigenvalue weighted by Gasteiger charge is -2.33. The molecule has 0 unspecified atom stereocenters. The number of benzene rings is 1. The minimum atomic E-state index is 0.677. The Balaban J connectivity index is 1.45. The van der Waals surface area contributed by atoms with E-state index < -0.39 is 0 Å². The van der Waals surface area contributed by atoms with Gasteiger partial charge in [0.25, 0.3) is 0 Å². The van der Waals surface area contributed by atoms with Crippen LogP contribution >= 0.6 is 0 Å². The largest absolute Gasteiger partial charge is 0.369 e. The van der Waals surface area contributed by atoms with E-state index in [2.05, 4.69) is 80.6 Å². The SMILES string of the molecule is CC(C)CCNc1cnnc(N2CCN(C/C=C/c3ccccc3)CC2)n1. The molecular weight excluding hydrogens is 336 g/mol. The molecule has 6 heteroatoms. The van der Waals surface area contributed by atoms with Crippen molar-refractivity contribution >= 4 is 17.8 Å². The zero-order valence-electron chi connectivity index (χ0n) is 16.4. The Labute approximate surface area is 162 Å². The number of piperazine rings is 1. The second-order valence-corrected chi connectivity index (χ2v) is 7.35. The average molecular weight is 367 g/mol. The summed E-state index contributed by atoms with van der Waals surface area (Å²) in [7, 11) is 0. The summed E-state index contributed by atoms with van der Waals surface area (Å²) >= 11 is 0. The first-order valence-corrected chi connectivity index (χ1v) is 9.83. The lowest BCUT2D eigenvalue weighted by atomic mass is 10.1. The topological polar surface area (TPSA) is 57.2 Å². The van der Waals surface area contributed by atoms with Crippen LogP contribution in [0.4, 0.5) is 11.8 Å². The Morgan fingerprint density at radius 3 is 2.63 bits per heavy atom. The molecule has 0 spiro atoms. The number of nitrogens with one attached hydrogen (secondary N) is 1. The summed E-state index contributed by atoms with van der Waals surface area (Å²) in [6, 6.07) is 10.4. The van der Waals surface area contributed by atoms with Crippen LogP contribution in [0.25, 0.3) is 6.08 Å². The maximum Gasteiger partial charge on any atom is 0.247 e. The maximum absolute atomic E-state index is 4.63. The third kappa shape index (κ3) is 6.32. The Morgan fingerprint density at radius 2 is 1.89 bits per heavy atom. The molecule has 1 N–H and O–H groups in total. The molecule has 2 heterocycles. The van der Waals surface area contributed by atoms with Crippen molar-refractivity contribution in [1.29, 1.82) is 0 Å². The summed E-state index contributed by atoms with van der Waals surface area (Å²) < 4.78 is 0. The van der Waals surface area contributed by atoms with Gasteiger partial charge in [0, 0.05) is 39.3 Å². The molecule has 0 radical (unpaired) electrons. The van der Waals surface area contributed by atoms with Crippen molar-refractivity contribution in [3.05, 3.63) is 48.2 Å². The van der Waals surface area contributed by atoms with Gasteiger partial charge in [-0.25, -0.2) is 0 Å². The highest BCUT2D eigenvalue weighted by Gasteiger charge is 2.18. The van der Waals surface area contributed by atoms with Gasteiger partial charge in [0.2, 0.25) is 5.95 Å². The van der Waals surface area contributed by atoms with Crippen molar-refractivity contribution in [2.45, 2.75) is 20.3 Å². The van der Waals surface area contributed by atoms with Crippen LogP contribution in [0.5, 0.6) is 0 Å². The van der Waals surface area contributed by atoms with E-state index in [9.17, 15) is 0 Å². The van der Waals surface area contributed by atoms with E-state index in [1.165, 1.54) is 5.56 Å². The normalized spacial score (nSPS) is 15.6. The van der Waals surface area contributed by atoms with E-state index in [1.807, 2.05) is 6.07 Å². The molecule has 0 amide bonds. The third-order valence-corrected chi connectivity index (χ3v) is 4.70. The molecule has 0 aliphatic carbocycles. The van der Waals surface area contributed by atoms with Gasteiger partial charge < -0.3 is 10.2 Å². The van der Waals surface area contributed by atoms with Crippen molar-refractivity contribution in [2.75, 3.05) is 49.5 Å². The molecule has 0 atom stereocenters. The minimum absolute atomic E-state index is 0.677. The molecule has 1 aliphatic heterocycles. The van der Waals surface area contributed by atoms with Gasteiger partial charge in [-0.3, -0.25) is 4.90 Å². The van der Waals surface area contributed by atoms with Crippen LogP contribution in [-0.2, 0) is 0 Å². The molecule has 1 aromatic carbocycles. The van der Waals surface area contributed by atoms with E-state index >= 15 is 0 Å². The van der Waals surface area contributed by atoms with Gasteiger partial charge in [0.05, 0.1) is 6.20 Å². The van der Waals surface area contributed by atoms with Gasteiger partial charge in [-0.15, -0.1) is 5.10 Å². The lowest BCUT2D eigenvalue weighted by molar-refractivity contribution is 0.282. The number of aromatic nitrogens is 3. The van der Waals surface area contributed by atoms with E-state index in [-0.39, 0.29) is 0 Å². The van der Waals surface area contributed by atoms with Crippen LogP contribution in [0.1, 0.15) is 25.8 Å². The first-order valence-electron chi connectivity index (χ1n) is 9.83. The van der Waals surface area contributed by atoms with Crippen molar-refractivity contribution in [2.24, 2.45) is 5.92 Å². The summed E-state index contributed by atoms with van der Waals surface area (Å²) in [6.45, 7) is 10.2. The van der Waals surface area contributed by atoms with E-state index in [0.717, 1.165) is 57.5 Å². The van der Waals surface area contributed by atoms with E-state index in [4.69, 9.17) is 0 Å². The first kappa shape index (κ1) is 19.3. The van der Waals surface area contributed by atoms with Crippen LogP contribution in [0.3, 0.4) is 0 Å². The maximum atomic E-state index is 4.63. The molecule has 0 saturated carbocycles. The fourth-order valence-corrected chi connectivity index (χ4v) is 3.03. The number of nitrogens with zero attached hydrogens (tertiary/aromatic N) is 5. The Bertz CT molecular complexity index is 708. The lowest BCUT2D eigenvalue weighted by Crippen LogP contribution is -2.47. The van der Waals surface area contributed by atoms with Crippen LogP contribution in [-0.4, -0.2) is 59.3 Å². The summed E-state index contributed by atoms with van der Waals surface area (Å²) in [4.78, 5) is 9.30. The van der Waals surface area contributed by atoms with Gasteiger partial charge in [-0.2, -0.15) is 10.1 Å². The summed E-state index contributed by atoms with van der Waals surface area (Å²) in [6.07, 6.45) is 7.25. The number of anilines is 2. The fourth-order valence-electron chi connectivity index (χ4n) is 3.03. The van der Waals surface area contributed by atoms with Crippen molar-refractivity contribution in [3.8, 4) is 0 Å². The third-order valence-electron chi connectivity index (χ3n) is 4.70. The van der Waals surface area contributed by atoms with Crippen molar-refractivity contribution in [3.63, 3.8) is 0 Å². The number of hydrogen-bond acceptors (Lipinski definition) is 6. The summed E-state index contributed by atoms with van der Waals surface area (Å²) in [5, 5.41) is 11.7. The predicted molar refractivity (Wildman–Crippen MR) is 112 cm³/mol. The molecule has 0 bridgehead atoms. The predicted octanol–water partition coefficient (Wildman–Crippen LogP) is 3.17. The molecule has 1 aliphatic rings. The Kier molecular flexibility index (Phi) is 7.16. The van der Waals surface area contributed by atoms with Gasteiger partial charge in [0.15, 0.2) is 5.82 Å². The molecule has 6 nitrogen and oxygen atoms in total. The smallest absolute Gasteiger partial charge is 0.247 e. The number of hydrogen-bond donors (Lipinski definition) is 1. The standard InChI is InChI=1S/C21H30N6/c1-18(2)10-11-22-20-17-23-25-21(24-20)27-15-13-26(14-16-27)12-6-9-19-7-4-3-5-8-19/h3-9,17-18H,10-16H2,1-2H3,(H,22,24,25)/b9-6+. The minimum Gasteiger partial charge on any atom is -0.369 e. The Hall–Kier alpha value is -2.47. The molecule has 1 saturated heterocycles. The quantitative estimate of drug-likeness (QED) is 0.774. The van der Waals surface area contributed by atoms with Crippen LogP contribution in [0, 0.1) is 5.92 Å². The monoisotopic (exact) mass is 366 g/mol. The second-order valence-electron chi connectivity index (χ2n) is 7.35. The molecule has 3 rings (SSSR count). The van der Waals surface area contributed by atoms with E-state index in [0.29, 0.717) is 5.92 Å². The van der Waals surface area contributed by atoms with Gasteiger partial charge in [0.1, 0.15) is 0 Å². The van der Waals surface area contributed by atoms with Crippen LogP contribution in [0.15, 0.2) is 42.6 Å².